The number of hydrogen-bond acceptors (Lipinski definition) is 8. The van der Waals surface area contributed by atoms with Gasteiger partial charge in [-0.1, -0.05) is 76.6 Å². The van der Waals surface area contributed by atoms with Crippen molar-refractivity contribution in [3.8, 4) is 0 Å². The number of carbonyl (C=O) groups excluding carboxylic acids is 4. The molecule has 3 heterocycles. The molecule has 0 spiro atoms. The van der Waals surface area contributed by atoms with Crippen molar-refractivity contribution < 1.29 is 23.9 Å². The number of thiazole rings is 1. The van der Waals surface area contributed by atoms with Crippen molar-refractivity contribution in [2.24, 2.45) is 5.92 Å². The zero-order chi connectivity index (χ0) is 31.1. The number of hydrogen-bond donors (Lipinski definition) is 1. The molecule has 2 aliphatic rings. The molecule has 3 aromatic carbocycles. The highest BCUT2D eigenvalue weighted by molar-refractivity contribution is 8.00. The number of benzene rings is 3. The summed E-state index contributed by atoms with van der Waals surface area (Å²) in [7, 11) is 0. The highest BCUT2D eigenvalue weighted by atomic mass is 35.5. The molecule has 44 heavy (non-hydrogen) atoms. The van der Waals surface area contributed by atoms with E-state index in [0.29, 0.717) is 31.9 Å². The second-order valence-electron chi connectivity index (χ2n) is 10.0. The maximum Gasteiger partial charge on any atom is 0.338 e. The number of halogens is 2. The van der Waals surface area contributed by atoms with Gasteiger partial charge in [0.25, 0.3) is 0 Å². The summed E-state index contributed by atoms with van der Waals surface area (Å²) in [6.45, 7) is 1.62. The van der Waals surface area contributed by atoms with Gasteiger partial charge >= 0.3 is 10.8 Å². The van der Waals surface area contributed by atoms with E-state index in [9.17, 15) is 24.0 Å². The van der Waals surface area contributed by atoms with Crippen LogP contribution >= 0.6 is 46.3 Å². The minimum Gasteiger partial charge on any atom is -0.462 e. The fraction of sp³-hybridized carbons (Fsp3) is 0.194. The SMILES string of the molecule is CCOC(=O)c1ccc(N2C(=O)C3Sc4c(sc(=O)n4CC(=O)Nc4ccc(Cl)c(Cl)c4)[C@H](c4ccccc4)C3C2=O)cc1. The summed E-state index contributed by atoms with van der Waals surface area (Å²) in [4.78, 5) is 67.8. The summed E-state index contributed by atoms with van der Waals surface area (Å²) in [5, 5.41) is 2.96. The number of anilines is 2. The summed E-state index contributed by atoms with van der Waals surface area (Å²) in [6, 6.07) is 20.0. The van der Waals surface area contributed by atoms with E-state index in [-0.39, 0.29) is 23.0 Å². The smallest absolute Gasteiger partial charge is 0.338 e. The van der Waals surface area contributed by atoms with Crippen LogP contribution in [0.25, 0.3) is 0 Å². The Morgan fingerprint density at radius 1 is 0.932 bits per heavy atom. The Hall–Kier alpha value is -3.90. The molecule has 1 N–H and O–H groups in total. The largest absolute Gasteiger partial charge is 0.462 e. The van der Waals surface area contributed by atoms with E-state index < -0.39 is 40.8 Å². The molecule has 0 saturated carbocycles. The number of carbonyl (C=O) groups is 4. The Labute approximate surface area is 269 Å². The van der Waals surface area contributed by atoms with Crippen molar-refractivity contribution in [2.45, 2.75) is 29.7 Å². The van der Waals surface area contributed by atoms with Gasteiger partial charge in [0, 0.05) is 16.5 Å². The van der Waals surface area contributed by atoms with Gasteiger partial charge < -0.3 is 10.1 Å². The molecule has 2 aliphatic heterocycles. The van der Waals surface area contributed by atoms with Crippen molar-refractivity contribution in [3.05, 3.63) is 109 Å². The number of nitrogens with zero attached hydrogens (tertiary/aromatic N) is 2. The molecule has 1 fully saturated rings. The van der Waals surface area contributed by atoms with Gasteiger partial charge in [0.05, 0.1) is 38.8 Å². The third-order valence-electron chi connectivity index (χ3n) is 7.35. The number of amides is 3. The van der Waals surface area contributed by atoms with Crippen LogP contribution in [0.1, 0.15) is 33.6 Å². The van der Waals surface area contributed by atoms with Gasteiger partial charge in [0.15, 0.2) is 0 Å². The van der Waals surface area contributed by atoms with Crippen molar-refractivity contribution in [2.75, 3.05) is 16.8 Å². The molecule has 3 atom stereocenters. The van der Waals surface area contributed by atoms with Gasteiger partial charge in [-0.15, -0.1) is 0 Å². The molecule has 13 heteroatoms. The molecule has 1 aromatic heterocycles. The second kappa shape index (κ2) is 12.2. The first-order chi connectivity index (χ1) is 21.2. The second-order valence-corrected chi connectivity index (χ2v) is 13.0. The number of rotatable bonds is 7. The quantitative estimate of drug-likeness (QED) is 0.195. The maximum atomic E-state index is 14.0. The molecule has 6 rings (SSSR count). The van der Waals surface area contributed by atoms with E-state index in [1.165, 1.54) is 22.8 Å². The van der Waals surface area contributed by atoms with E-state index >= 15 is 0 Å². The van der Waals surface area contributed by atoms with Crippen molar-refractivity contribution >= 4 is 81.4 Å². The lowest BCUT2D eigenvalue weighted by Crippen LogP contribution is -2.33. The summed E-state index contributed by atoms with van der Waals surface area (Å²) >= 11 is 14.1. The van der Waals surface area contributed by atoms with Crippen LogP contribution < -0.4 is 15.1 Å². The first-order valence-corrected chi connectivity index (χ1v) is 16.0. The van der Waals surface area contributed by atoms with Gasteiger partial charge in [0.2, 0.25) is 17.7 Å². The van der Waals surface area contributed by atoms with Crippen molar-refractivity contribution in [3.63, 3.8) is 0 Å². The zero-order valence-electron chi connectivity index (χ0n) is 23.0. The van der Waals surface area contributed by atoms with Gasteiger partial charge in [-0.25, -0.2) is 9.69 Å². The third-order valence-corrected chi connectivity index (χ3v) is 10.7. The normalized spacial score (nSPS) is 19.0. The molecular formula is C31H23Cl2N3O6S2. The van der Waals surface area contributed by atoms with Gasteiger partial charge in [-0.05, 0) is 55.0 Å². The molecule has 224 valence electrons. The van der Waals surface area contributed by atoms with Crippen LogP contribution in [0.4, 0.5) is 11.4 Å². The number of ether oxygens (including phenoxy) is 1. The first kappa shape index (κ1) is 30.1. The minimum absolute atomic E-state index is 0.220. The Morgan fingerprint density at radius 3 is 2.34 bits per heavy atom. The minimum atomic E-state index is -0.844. The van der Waals surface area contributed by atoms with Gasteiger partial charge in [-0.2, -0.15) is 0 Å². The molecule has 0 radical (unpaired) electrons. The first-order valence-electron chi connectivity index (χ1n) is 13.5. The van der Waals surface area contributed by atoms with Crippen molar-refractivity contribution in [1.82, 2.24) is 4.57 Å². The van der Waals surface area contributed by atoms with Crippen LogP contribution in [-0.2, 0) is 25.7 Å². The standard InChI is InChI=1S/C31H23Cl2N3O6S2/c1-2-42-30(40)17-8-11-19(12-9-17)36-27(38)24-23(16-6-4-3-5-7-16)26-29(43-25(24)28(36)39)35(31(41)44-26)15-22(37)34-18-10-13-20(32)21(33)14-18/h3-14,23-25H,2,15H2,1H3,(H,34,37)/t23-,24?,25?/m1/s1. The summed E-state index contributed by atoms with van der Waals surface area (Å²) in [6.07, 6.45) is 0. The molecule has 2 unspecified atom stereocenters. The van der Waals surface area contributed by atoms with E-state index in [0.717, 1.165) is 33.6 Å². The lowest BCUT2D eigenvalue weighted by molar-refractivity contribution is -0.122. The highest BCUT2D eigenvalue weighted by Crippen LogP contribution is 2.53. The molecule has 3 amide bonds. The lowest BCUT2D eigenvalue weighted by Gasteiger charge is -2.30. The average Bonchev–Trinajstić information content (AvgIpc) is 3.45. The summed E-state index contributed by atoms with van der Waals surface area (Å²) in [5.41, 5.74) is 1.82. The van der Waals surface area contributed by atoms with Crippen LogP contribution in [-0.4, -0.2) is 40.1 Å². The monoisotopic (exact) mass is 667 g/mol. The van der Waals surface area contributed by atoms with Crippen LogP contribution in [0, 0.1) is 5.92 Å². The number of fused-ring (bicyclic) bond motifs is 2. The summed E-state index contributed by atoms with van der Waals surface area (Å²) < 4.78 is 6.38. The predicted octanol–water partition coefficient (Wildman–Crippen LogP) is 5.83. The fourth-order valence-corrected chi connectivity index (χ4v) is 8.48. The molecule has 4 aromatic rings. The molecule has 0 bridgehead atoms. The Bertz CT molecular complexity index is 1860. The van der Waals surface area contributed by atoms with Gasteiger partial charge in [0.1, 0.15) is 11.8 Å². The van der Waals surface area contributed by atoms with E-state index in [1.54, 1.807) is 31.2 Å². The Kier molecular flexibility index (Phi) is 8.38. The average molecular weight is 669 g/mol. The number of imide groups is 1. The number of aromatic nitrogens is 1. The molecule has 0 aliphatic carbocycles. The van der Waals surface area contributed by atoms with Crippen molar-refractivity contribution in [1.29, 1.82) is 0 Å². The number of nitrogens with one attached hydrogen (secondary N) is 1. The Morgan fingerprint density at radius 2 is 1.66 bits per heavy atom. The highest BCUT2D eigenvalue weighted by Gasteiger charge is 2.56. The number of esters is 1. The van der Waals surface area contributed by atoms with E-state index in [2.05, 4.69) is 5.32 Å². The van der Waals surface area contributed by atoms with Crippen LogP contribution in [0.3, 0.4) is 0 Å². The molecular weight excluding hydrogens is 645 g/mol. The van der Waals surface area contributed by atoms with Gasteiger partial charge in [-0.3, -0.25) is 23.7 Å². The third kappa shape index (κ3) is 5.45. The topological polar surface area (TPSA) is 115 Å². The summed E-state index contributed by atoms with van der Waals surface area (Å²) in [5.74, 6) is -3.19. The fourth-order valence-electron chi connectivity index (χ4n) is 5.41. The Balaban J connectivity index is 1.35. The predicted molar refractivity (Wildman–Crippen MR) is 170 cm³/mol. The van der Waals surface area contributed by atoms with Crippen LogP contribution in [0.15, 0.2) is 82.6 Å². The zero-order valence-corrected chi connectivity index (χ0v) is 26.1. The number of thioether (sulfide) groups is 1. The van der Waals surface area contributed by atoms with Crippen LogP contribution in [0.5, 0.6) is 0 Å². The van der Waals surface area contributed by atoms with E-state index in [1.807, 2.05) is 30.3 Å². The lowest BCUT2D eigenvalue weighted by atomic mass is 9.83. The molecule has 1 saturated heterocycles. The van der Waals surface area contributed by atoms with Crippen LogP contribution in [0.2, 0.25) is 10.0 Å². The van der Waals surface area contributed by atoms with E-state index in [4.69, 9.17) is 27.9 Å². The molecule has 9 nitrogen and oxygen atoms in total. The maximum absolute atomic E-state index is 14.0.